The molecule has 0 bridgehead atoms. The molecule has 0 unspecified atom stereocenters. The van der Waals surface area contributed by atoms with E-state index in [2.05, 4.69) is 15.4 Å². The minimum atomic E-state index is -3.76. The summed E-state index contributed by atoms with van der Waals surface area (Å²) in [5, 5.41) is 5.54. The zero-order valence-corrected chi connectivity index (χ0v) is 17.9. The molecule has 0 aromatic heterocycles. The van der Waals surface area contributed by atoms with Crippen molar-refractivity contribution in [2.75, 3.05) is 10.0 Å². The molecule has 8 heteroatoms. The second-order valence-electron chi connectivity index (χ2n) is 7.16. The van der Waals surface area contributed by atoms with Crippen LogP contribution in [0.2, 0.25) is 0 Å². The molecular formula is C23H23N3O4S. The van der Waals surface area contributed by atoms with Crippen LogP contribution in [0.5, 0.6) is 0 Å². The smallest absolute Gasteiger partial charge is 0.261 e. The number of hydrogen-bond acceptors (Lipinski definition) is 4. The number of rotatable bonds is 7. The van der Waals surface area contributed by atoms with E-state index in [0.29, 0.717) is 11.3 Å². The first-order valence-electron chi connectivity index (χ1n) is 9.65. The van der Waals surface area contributed by atoms with Gasteiger partial charge < -0.3 is 10.6 Å². The third-order valence-corrected chi connectivity index (χ3v) is 5.65. The van der Waals surface area contributed by atoms with Gasteiger partial charge in [-0.05, 0) is 68.4 Å². The van der Waals surface area contributed by atoms with E-state index >= 15 is 0 Å². The summed E-state index contributed by atoms with van der Waals surface area (Å²) in [5.74, 6) is -0.591. The number of nitrogens with one attached hydrogen (secondary N) is 3. The Morgan fingerprint density at radius 3 is 2.06 bits per heavy atom. The molecule has 0 aliphatic heterocycles. The van der Waals surface area contributed by atoms with Crippen molar-refractivity contribution >= 4 is 33.2 Å². The molecule has 3 N–H and O–H groups in total. The zero-order valence-electron chi connectivity index (χ0n) is 17.1. The quantitative estimate of drug-likeness (QED) is 0.522. The van der Waals surface area contributed by atoms with Gasteiger partial charge in [0, 0.05) is 28.5 Å². The van der Waals surface area contributed by atoms with Gasteiger partial charge in [0.05, 0.1) is 4.90 Å². The summed E-state index contributed by atoms with van der Waals surface area (Å²) in [4.78, 5) is 24.7. The predicted molar refractivity (Wildman–Crippen MR) is 121 cm³/mol. The molecule has 0 fully saturated rings. The lowest BCUT2D eigenvalue weighted by atomic mass is 10.1. The number of carbonyl (C=O) groups excluding carboxylic acids is 2. The zero-order chi connectivity index (χ0) is 22.4. The Morgan fingerprint density at radius 2 is 1.42 bits per heavy atom. The second-order valence-corrected chi connectivity index (χ2v) is 8.84. The van der Waals surface area contributed by atoms with Crippen molar-refractivity contribution < 1.29 is 18.0 Å². The molecule has 0 radical (unpaired) electrons. The van der Waals surface area contributed by atoms with Crippen molar-refractivity contribution in [1.29, 1.82) is 0 Å². The van der Waals surface area contributed by atoms with Crippen molar-refractivity contribution in [3.8, 4) is 0 Å². The molecule has 0 aliphatic carbocycles. The van der Waals surface area contributed by atoms with Crippen molar-refractivity contribution in [2.45, 2.75) is 24.8 Å². The first-order chi connectivity index (χ1) is 14.7. The molecule has 31 heavy (non-hydrogen) atoms. The van der Waals surface area contributed by atoms with Crippen molar-refractivity contribution in [3.05, 3.63) is 90.0 Å². The lowest BCUT2D eigenvalue weighted by Crippen LogP contribution is -2.30. The molecule has 0 saturated carbocycles. The minimum Gasteiger partial charge on any atom is -0.350 e. The highest BCUT2D eigenvalue weighted by Crippen LogP contribution is 2.18. The fourth-order valence-corrected chi connectivity index (χ4v) is 3.86. The molecule has 7 nitrogen and oxygen atoms in total. The van der Waals surface area contributed by atoms with Gasteiger partial charge >= 0.3 is 0 Å². The molecule has 0 aliphatic rings. The Bertz CT molecular complexity index is 1170. The molecule has 0 spiro atoms. The number of benzene rings is 3. The molecule has 160 valence electrons. The summed E-state index contributed by atoms with van der Waals surface area (Å²) in [6.45, 7) is 3.75. The van der Waals surface area contributed by atoms with Crippen LogP contribution in [0.25, 0.3) is 0 Å². The van der Waals surface area contributed by atoms with E-state index in [-0.39, 0.29) is 28.1 Å². The summed E-state index contributed by atoms with van der Waals surface area (Å²) in [6, 6.07) is 20.7. The number of sulfonamides is 1. The lowest BCUT2D eigenvalue weighted by Gasteiger charge is -2.11. The van der Waals surface area contributed by atoms with E-state index in [1.807, 2.05) is 13.8 Å². The van der Waals surface area contributed by atoms with Gasteiger partial charge in [0.2, 0.25) is 0 Å². The van der Waals surface area contributed by atoms with Gasteiger partial charge in [-0.25, -0.2) is 8.42 Å². The maximum Gasteiger partial charge on any atom is 0.261 e. The van der Waals surface area contributed by atoms with Crippen LogP contribution in [0.3, 0.4) is 0 Å². The highest BCUT2D eigenvalue weighted by atomic mass is 32.2. The molecule has 3 rings (SSSR count). The van der Waals surface area contributed by atoms with E-state index < -0.39 is 15.9 Å². The fourth-order valence-electron chi connectivity index (χ4n) is 2.79. The monoisotopic (exact) mass is 437 g/mol. The molecule has 0 saturated heterocycles. The topological polar surface area (TPSA) is 104 Å². The van der Waals surface area contributed by atoms with Crippen LogP contribution in [0.1, 0.15) is 34.6 Å². The second kappa shape index (κ2) is 9.44. The largest absolute Gasteiger partial charge is 0.350 e. The van der Waals surface area contributed by atoms with Crippen LogP contribution in [-0.4, -0.2) is 26.3 Å². The summed E-state index contributed by atoms with van der Waals surface area (Å²) in [6.07, 6.45) is 0. The first kappa shape index (κ1) is 22.0. The fraction of sp³-hybridized carbons (Fsp3) is 0.130. The van der Waals surface area contributed by atoms with E-state index in [4.69, 9.17) is 0 Å². The van der Waals surface area contributed by atoms with Crippen LogP contribution in [0.4, 0.5) is 11.4 Å². The summed E-state index contributed by atoms with van der Waals surface area (Å²) in [7, 11) is -3.76. The highest BCUT2D eigenvalue weighted by Gasteiger charge is 2.15. The van der Waals surface area contributed by atoms with Gasteiger partial charge in [-0.3, -0.25) is 14.3 Å². The SMILES string of the molecule is CC(C)NC(=O)c1ccc(NC(=O)c2cccc(NS(=O)(=O)c3ccccc3)c2)cc1. The van der Waals surface area contributed by atoms with Crippen LogP contribution in [0, 0.1) is 0 Å². The Hall–Kier alpha value is -3.65. The van der Waals surface area contributed by atoms with Crippen LogP contribution >= 0.6 is 0 Å². The van der Waals surface area contributed by atoms with Gasteiger partial charge in [-0.1, -0.05) is 24.3 Å². The molecule has 0 heterocycles. The van der Waals surface area contributed by atoms with Crippen molar-refractivity contribution in [2.24, 2.45) is 0 Å². The average molecular weight is 438 g/mol. The third kappa shape index (κ3) is 5.93. The van der Waals surface area contributed by atoms with Gasteiger partial charge in [0.25, 0.3) is 21.8 Å². The van der Waals surface area contributed by atoms with E-state index in [1.165, 1.54) is 18.2 Å². The van der Waals surface area contributed by atoms with Gasteiger partial charge in [-0.2, -0.15) is 0 Å². The molecular weight excluding hydrogens is 414 g/mol. The van der Waals surface area contributed by atoms with Crippen LogP contribution in [0.15, 0.2) is 83.8 Å². The standard InChI is InChI=1S/C23H23N3O4S/c1-16(2)24-22(27)17-11-13-19(14-12-17)25-23(28)18-7-6-8-20(15-18)26-31(29,30)21-9-4-3-5-10-21/h3-16,26H,1-2H3,(H,24,27)(H,25,28). The number of amides is 2. The summed E-state index contributed by atoms with van der Waals surface area (Å²) >= 11 is 0. The Labute approximate surface area is 181 Å². The predicted octanol–water partition coefficient (Wildman–Crippen LogP) is 3.88. The molecule has 3 aromatic carbocycles. The van der Waals surface area contributed by atoms with Gasteiger partial charge in [0.1, 0.15) is 0 Å². The Kier molecular flexibility index (Phi) is 6.71. The Morgan fingerprint density at radius 1 is 0.742 bits per heavy atom. The van der Waals surface area contributed by atoms with Gasteiger partial charge in [-0.15, -0.1) is 0 Å². The summed E-state index contributed by atoms with van der Waals surface area (Å²) in [5.41, 5.74) is 1.57. The van der Waals surface area contributed by atoms with E-state index in [9.17, 15) is 18.0 Å². The maximum atomic E-state index is 12.6. The third-order valence-electron chi connectivity index (χ3n) is 4.26. The number of carbonyl (C=O) groups is 2. The lowest BCUT2D eigenvalue weighted by molar-refractivity contribution is 0.0942. The highest BCUT2D eigenvalue weighted by molar-refractivity contribution is 7.92. The Balaban J connectivity index is 1.70. The average Bonchev–Trinajstić information content (AvgIpc) is 2.74. The minimum absolute atomic E-state index is 0.0264. The van der Waals surface area contributed by atoms with Crippen LogP contribution in [-0.2, 0) is 10.0 Å². The number of hydrogen-bond donors (Lipinski definition) is 3. The van der Waals surface area contributed by atoms with Crippen LogP contribution < -0.4 is 15.4 Å². The van der Waals surface area contributed by atoms with Gasteiger partial charge in [0.15, 0.2) is 0 Å². The molecule has 3 aromatic rings. The molecule has 2 amide bonds. The first-order valence-corrected chi connectivity index (χ1v) is 11.1. The number of anilines is 2. The van der Waals surface area contributed by atoms with Crippen molar-refractivity contribution in [3.63, 3.8) is 0 Å². The van der Waals surface area contributed by atoms with E-state index in [0.717, 1.165) is 0 Å². The van der Waals surface area contributed by atoms with Crippen molar-refractivity contribution in [1.82, 2.24) is 5.32 Å². The van der Waals surface area contributed by atoms with E-state index in [1.54, 1.807) is 60.7 Å². The summed E-state index contributed by atoms with van der Waals surface area (Å²) < 4.78 is 27.4. The normalized spacial score (nSPS) is 11.1. The molecule has 0 atom stereocenters. The maximum absolute atomic E-state index is 12.6.